The van der Waals surface area contributed by atoms with Crippen LogP contribution >= 0.6 is 0 Å². The van der Waals surface area contributed by atoms with Crippen LogP contribution in [0.1, 0.15) is 52.5 Å². The normalized spacial score (nSPS) is 14.8. The molecule has 14 heavy (non-hydrogen) atoms. The maximum atomic E-state index is 6.13. The molecule has 0 bridgehead atoms. The van der Waals surface area contributed by atoms with Crippen LogP contribution in [-0.2, 0) is 0 Å². The largest absolute Gasteiger partial charge is 0.321 e. The van der Waals surface area contributed by atoms with Gasteiger partial charge in [0.1, 0.15) is 6.33 Å². The predicted octanol–water partition coefficient (Wildman–Crippen LogP) is 1.90. The summed E-state index contributed by atoms with van der Waals surface area (Å²) in [5, 5.41) is 8.00. The zero-order chi connectivity index (χ0) is 10.9. The first kappa shape index (κ1) is 11.2. The van der Waals surface area contributed by atoms with Gasteiger partial charge in [0.05, 0.1) is 6.04 Å². The molecular weight excluding hydrogens is 176 g/mol. The van der Waals surface area contributed by atoms with Gasteiger partial charge in [-0.25, -0.2) is 0 Å². The third-order valence-electron chi connectivity index (χ3n) is 2.37. The second-order valence-corrected chi connectivity index (χ2v) is 5.03. The minimum Gasteiger partial charge on any atom is -0.321 e. The van der Waals surface area contributed by atoms with Gasteiger partial charge in [0.15, 0.2) is 5.82 Å². The maximum Gasteiger partial charge on any atom is 0.150 e. The Morgan fingerprint density at radius 3 is 2.36 bits per heavy atom. The number of hydrogen-bond donors (Lipinski definition) is 1. The number of aromatic nitrogens is 3. The fraction of sp³-hybridized carbons (Fsp3) is 0.800. The number of nitrogens with zero attached hydrogens (tertiary/aromatic N) is 3. The lowest BCUT2D eigenvalue weighted by atomic mass is 9.87. The highest BCUT2D eigenvalue weighted by Gasteiger charge is 2.27. The average molecular weight is 196 g/mol. The van der Waals surface area contributed by atoms with Crippen LogP contribution < -0.4 is 5.73 Å². The number of hydrogen-bond acceptors (Lipinski definition) is 3. The van der Waals surface area contributed by atoms with Gasteiger partial charge in [0.25, 0.3) is 0 Å². The molecule has 0 aliphatic heterocycles. The Bertz CT molecular complexity index is 295. The predicted molar refractivity (Wildman–Crippen MR) is 56.8 cm³/mol. The van der Waals surface area contributed by atoms with Crippen LogP contribution in [0, 0.1) is 5.41 Å². The van der Waals surface area contributed by atoms with E-state index < -0.39 is 0 Å². The Kier molecular flexibility index (Phi) is 2.95. The van der Waals surface area contributed by atoms with Crippen LogP contribution in [-0.4, -0.2) is 14.8 Å². The lowest BCUT2D eigenvalue weighted by molar-refractivity contribution is 0.303. The van der Waals surface area contributed by atoms with Crippen molar-refractivity contribution in [2.24, 2.45) is 11.1 Å². The summed E-state index contributed by atoms with van der Waals surface area (Å²) in [7, 11) is 0. The van der Waals surface area contributed by atoms with E-state index in [0.717, 1.165) is 5.82 Å². The molecular formula is C10H20N4. The van der Waals surface area contributed by atoms with Gasteiger partial charge in [0, 0.05) is 6.04 Å². The molecule has 4 heteroatoms. The Hall–Kier alpha value is -0.900. The van der Waals surface area contributed by atoms with Crippen molar-refractivity contribution < 1.29 is 0 Å². The summed E-state index contributed by atoms with van der Waals surface area (Å²) in [5.74, 6) is 0.868. The van der Waals surface area contributed by atoms with Gasteiger partial charge in [-0.05, 0) is 19.3 Å². The Morgan fingerprint density at radius 2 is 1.93 bits per heavy atom. The molecule has 4 nitrogen and oxygen atoms in total. The molecule has 1 heterocycles. The van der Waals surface area contributed by atoms with Gasteiger partial charge in [-0.1, -0.05) is 20.8 Å². The molecule has 0 aliphatic rings. The van der Waals surface area contributed by atoms with E-state index in [1.807, 2.05) is 4.57 Å². The summed E-state index contributed by atoms with van der Waals surface area (Å²) in [6.45, 7) is 10.5. The van der Waals surface area contributed by atoms with E-state index in [1.54, 1.807) is 6.33 Å². The van der Waals surface area contributed by atoms with Crippen LogP contribution in [0.15, 0.2) is 6.33 Å². The van der Waals surface area contributed by atoms with E-state index >= 15 is 0 Å². The van der Waals surface area contributed by atoms with E-state index in [-0.39, 0.29) is 11.5 Å². The standard InChI is InChI=1S/C10H20N4/c1-7(2)14-6-12-13-9(14)8(11)10(3,4)5/h6-8H,11H2,1-5H3/t8-/m0/s1. The molecule has 1 rings (SSSR count). The van der Waals surface area contributed by atoms with E-state index in [0.29, 0.717) is 6.04 Å². The minimum atomic E-state index is -0.0765. The quantitative estimate of drug-likeness (QED) is 0.786. The van der Waals surface area contributed by atoms with Gasteiger partial charge in [0.2, 0.25) is 0 Å². The van der Waals surface area contributed by atoms with E-state index in [9.17, 15) is 0 Å². The highest BCUT2D eigenvalue weighted by Crippen LogP contribution is 2.29. The van der Waals surface area contributed by atoms with Gasteiger partial charge >= 0.3 is 0 Å². The molecule has 0 saturated heterocycles. The molecule has 2 N–H and O–H groups in total. The molecule has 1 atom stereocenters. The third kappa shape index (κ3) is 2.12. The second kappa shape index (κ2) is 3.69. The fourth-order valence-corrected chi connectivity index (χ4v) is 1.26. The molecule has 0 saturated carbocycles. The first-order valence-electron chi connectivity index (χ1n) is 4.99. The van der Waals surface area contributed by atoms with Crippen LogP contribution in [0.25, 0.3) is 0 Å². The molecule has 0 fully saturated rings. The smallest absolute Gasteiger partial charge is 0.150 e. The van der Waals surface area contributed by atoms with Crippen molar-refractivity contribution in [2.75, 3.05) is 0 Å². The van der Waals surface area contributed by atoms with Crippen LogP contribution in [0.4, 0.5) is 0 Å². The first-order chi connectivity index (χ1) is 6.34. The van der Waals surface area contributed by atoms with Gasteiger partial charge in [-0.2, -0.15) is 0 Å². The lowest BCUT2D eigenvalue weighted by Gasteiger charge is -2.27. The highest BCUT2D eigenvalue weighted by molar-refractivity contribution is 5.00. The van der Waals surface area contributed by atoms with Crippen molar-refractivity contribution >= 4 is 0 Å². The van der Waals surface area contributed by atoms with Crippen molar-refractivity contribution in [1.82, 2.24) is 14.8 Å². The fourth-order valence-electron chi connectivity index (χ4n) is 1.26. The van der Waals surface area contributed by atoms with E-state index in [2.05, 4.69) is 44.8 Å². The summed E-state index contributed by atoms with van der Waals surface area (Å²) in [6, 6.07) is 0.279. The minimum absolute atomic E-state index is 0.0136. The van der Waals surface area contributed by atoms with Crippen molar-refractivity contribution in [3.8, 4) is 0 Å². The zero-order valence-electron chi connectivity index (χ0n) is 9.65. The number of rotatable bonds is 2. The molecule has 0 amide bonds. The van der Waals surface area contributed by atoms with Crippen LogP contribution in [0.3, 0.4) is 0 Å². The average Bonchev–Trinajstić information content (AvgIpc) is 2.48. The zero-order valence-corrected chi connectivity index (χ0v) is 9.65. The lowest BCUT2D eigenvalue weighted by Crippen LogP contribution is -2.29. The van der Waals surface area contributed by atoms with Gasteiger partial charge < -0.3 is 10.3 Å². The molecule has 80 valence electrons. The molecule has 0 radical (unpaired) electrons. The van der Waals surface area contributed by atoms with Crippen molar-refractivity contribution in [3.63, 3.8) is 0 Å². The van der Waals surface area contributed by atoms with E-state index in [4.69, 9.17) is 5.73 Å². The SMILES string of the molecule is CC(C)n1cnnc1[C@H](N)C(C)(C)C. The first-order valence-corrected chi connectivity index (χ1v) is 4.99. The molecule has 0 unspecified atom stereocenters. The second-order valence-electron chi connectivity index (χ2n) is 5.03. The Balaban J connectivity index is 3.01. The van der Waals surface area contributed by atoms with Crippen molar-refractivity contribution in [3.05, 3.63) is 12.2 Å². The molecule has 0 aliphatic carbocycles. The van der Waals surface area contributed by atoms with Gasteiger partial charge in [-0.3, -0.25) is 0 Å². The summed E-state index contributed by atoms with van der Waals surface area (Å²) in [5.41, 5.74) is 6.15. The Morgan fingerprint density at radius 1 is 1.36 bits per heavy atom. The van der Waals surface area contributed by atoms with Crippen molar-refractivity contribution in [2.45, 2.75) is 46.7 Å². The number of nitrogens with two attached hydrogens (primary N) is 1. The third-order valence-corrected chi connectivity index (χ3v) is 2.37. The summed E-state index contributed by atoms with van der Waals surface area (Å²) in [4.78, 5) is 0. The molecule has 0 aromatic carbocycles. The summed E-state index contributed by atoms with van der Waals surface area (Å²) >= 11 is 0. The van der Waals surface area contributed by atoms with Crippen molar-refractivity contribution in [1.29, 1.82) is 0 Å². The molecule has 1 aromatic rings. The molecule has 0 spiro atoms. The maximum absolute atomic E-state index is 6.13. The van der Waals surface area contributed by atoms with Gasteiger partial charge in [-0.15, -0.1) is 10.2 Å². The topological polar surface area (TPSA) is 56.7 Å². The monoisotopic (exact) mass is 196 g/mol. The summed E-state index contributed by atoms with van der Waals surface area (Å²) in [6.07, 6.45) is 1.74. The summed E-state index contributed by atoms with van der Waals surface area (Å²) < 4.78 is 2.02. The van der Waals surface area contributed by atoms with Crippen LogP contribution in [0.5, 0.6) is 0 Å². The molecule has 1 aromatic heterocycles. The van der Waals surface area contributed by atoms with Crippen LogP contribution in [0.2, 0.25) is 0 Å². The Labute approximate surface area is 85.5 Å². The van der Waals surface area contributed by atoms with E-state index in [1.165, 1.54) is 0 Å². The highest BCUT2D eigenvalue weighted by atomic mass is 15.3.